The fraction of sp³-hybridized carbons (Fsp3) is 0.350. The van der Waals surface area contributed by atoms with Crippen molar-refractivity contribution in [1.82, 2.24) is 14.9 Å². The van der Waals surface area contributed by atoms with Gasteiger partial charge >= 0.3 is 0 Å². The molecule has 4 rings (SSSR count). The highest BCUT2D eigenvalue weighted by Crippen LogP contribution is 2.35. The number of benzene rings is 1. The molecule has 3 aromatic rings. The molecule has 8 heteroatoms. The highest BCUT2D eigenvalue weighted by molar-refractivity contribution is 7.89. The quantitative estimate of drug-likeness (QED) is 0.721. The number of fused-ring (bicyclic) bond motifs is 1. The lowest BCUT2D eigenvalue weighted by atomic mass is 10.0. The molecule has 1 fully saturated rings. The molecule has 1 aliphatic rings. The van der Waals surface area contributed by atoms with Crippen LogP contribution in [0, 0.1) is 25.2 Å². The molecular weight excluding hydrogens is 376 g/mol. The van der Waals surface area contributed by atoms with Gasteiger partial charge in [0.1, 0.15) is 11.3 Å². The third-order valence-electron chi connectivity index (χ3n) is 5.30. The summed E-state index contributed by atoms with van der Waals surface area (Å²) < 4.78 is 34.6. The molecule has 0 radical (unpaired) electrons. The Kier molecular flexibility index (Phi) is 4.44. The summed E-state index contributed by atoms with van der Waals surface area (Å²) >= 11 is 0. The van der Waals surface area contributed by atoms with Crippen molar-refractivity contribution in [2.75, 3.05) is 0 Å². The number of nitrogens with one attached hydrogen (secondary N) is 1. The Morgan fingerprint density at radius 3 is 2.64 bits per heavy atom. The average Bonchev–Trinajstić information content (AvgIpc) is 3.27. The van der Waals surface area contributed by atoms with Gasteiger partial charge in [-0.3, -0.25) is 4.98 Å². The topological polar surface area (TPSA) is 109 Å². The summed E-state index contributed by atoms with van der Waals surface area (Å²) in [5, 5.41) is 14.1. The summed E-state index contributed by atoms with van der Waals surface area (Å²) in [5.74, 6) is 0.605. The second kappa shape index (κ2) is 6.69. The predicted molar refractivity (Wildman–Crippen MR) is 104 cm³/mol. The van der Waals surface area contributed by atoms with E-state index in [0.717, 1.165) is 18.4 Å². The molecule has 28 heavy (non-hydrogen) atoms. The van der Waals surface area contributed by atoms with Gasteiger partial charge in [0.05, 0.1) is 22.2 Å². The lowest BCUT2D eigenvalue weighted by molar-refractivity contribution is 0.393. The van der Waals surface area contributed by atoms with Crippen LogP contribution >= 0.6 is 0 Å². The molecule has 0 amide bonds. The Morgan fingerprint density at radius 2 is 2.00 bits per heavy atom. The van der Waals surface area contributed by atoms with Crippen LogP contribution in [0.3, 0.4) is 0 Å². The van der Waals surface area contributed by atoms with Gasteiger partial charge in [-0.15, -0.1) is 0 Å². The van der Waals surface area contributed by atoms with Crippen molar-refractivity contribution in [3.8, 4) is 17.2 Å². The maximum Gasteiger partial charge on any atom is 0.242 e. The van der Waals surface area contributed by atoms with Gasteiger partial charge in [-0.05, 0) is 56.5 Å². The third kappa shape index (κ3) is 3.07. The van der Waals surface area contributed by atoms with Gasteiger partial charge in [-0.25, -0.2) is 8.42 Å². The zero-order valence-corrected chi connectivity index (χ0v) is 16.5. The van der Waals surface area contributed by atoms with Crippen molar-refractivity contribution < 1.29 is 12.9 Å². The van der Waals surface area contributed by atoms with Crippen molar-refractivity contribution in [3.05, 3.63) is 41.9 Å². The number of nitriles is 1. The molecule has 7 nitrogen and oxygen atoms in total. The minimum Gasteiger partial charge on any atom is -0.361 e. The van der Waals surface area contributed by atoms with Crippen molar-refractivity contribution in [3.63, 3.8) is 0 Å². The van der Waals surface area contributed by atoms with E-state index in [-0.39, 0.29) is 4.90 Å². The molecular formula is C20H20N4O3S. The number of nitrogens with zero attached hydrogens (tertiary/aromatic N) is 3. The van der Waals surface area contributed by atoms with Crippen LogP contribution in [0.5, 0.6) is 0 Å². The fourth-order valence-corrected chi connectivity index (χ4v) is 5.56. The average molecular weight is 396 g/mol. The minimum absolute atomic E-state index is 0.106. The first-order valence-electron chi connectivity index (χ1n) is 9.12. The zero-order chi connectivity index (χ0) is 19.9. The van der Waals surface area contributed by atoms with Gasteiger partial charge < -0.3 is 4.52 Å². The number of rotatable bonds is 4. The second-order valence-corrected chi connectivity index (χ2v) is 8.90. The van der Waals surface area contributed by atoms with E-state index >= 15 is 0 Å². The van der Waals surface area contributed by atoms with E-state index in [1.165, 1.54) is 0 Å². The summed E-state index contributed by atoms with van der Waals surface area (Å²) in [6.45, 7) is 3.59. The van der Waals surface area contributed by atoms with Gasteiger partial charge in [0, 0.05) is 17.1 Å². The predicted octanol–water partition coefficient (Wildman–Crippen LogP) is 3.62. The molecule has 1 aromatic carbocycles. The lowest BCUT2D eigenvalue weighted by Gasteiger charge is -2.22. The molecule has 0 atom stereocenters. The molecule has 0 saturated heterocycles. The zero-order valence-electron chi connectivity index (χ0n) is 15.7. The number of aryl methyl sites for hydroxylation is 2. The van der Waals surface area contributed by atoms with Gasteiger partial charge in [-0.2, -0.15) is 9.98 Å². The van der Waals surface area contributed by atoms with Crippen molar-refractivity contribution >= 4 is 20.9 Å². The molecule has 1 N–H and O–H groups in total. The smallest absolute Gasteiger partial charge is 0.242 e. The Hall–Kier alpha value is -2.76. The standard InChI is InChI=1S/C20H20N4O3S/c1-13-19(14(2)27-23-13)15-10-17-16(6-5-9-22-17)18(11-15)28(25,26)24-20(12-21)7-3-4-8-20/h5-6,9-11,24H,3-4,7-8H2,1-2H3. The first-order chi connectivity index (χ1) is 13.4. The number of sulfonamides is 1. The molecule has 0 unspecified atom stereocenters. The summed E-state index contributed by atoms with van der Waals surface area (Å²) in [5.41, 5.74) is 1.60. The maximum atomic E-state index is 13.3. The van der Waals surface area contributed by atoms with Gasteiger partial charge in [0.25, 0.3) is 0 Å². The minimum atomic E-state index is -3.94. The van der Waals surface area contributed by atoms with Crippen LogP contribution in [-0.4, -0.2) is 24.1 Å². The monoisotopic (exact) mass is 396 g/mol. The molecule has 0 spiro atoms. The molecule has 2 heterocycles. The summed E-state index contributed by atoms with van der Waals surface area (Å²) in [6.07, 6.45) is 4.32. The van der Waals surface area contributed by atoms with Gasteiger partial charge in [-0.1, -0.05) is 18.0 Å². The van der Waals surface area contributed by atoms with E-state index in [0.29, 0.717) is 40.8 Å². The third-order valence-corrected chi connectivity index (χ3v) is 6.87. The van der Waals surface area contributed by atoms with Crippen LogP contribution in [-0.2, 0) is 10.0 Å². The number of hydrogen-bond acceptors (Lipinski definition) is 6. The number of pyridine rings is 1. The molecule has 2 aromatic heterocycles. The van der Waals surface area contributed by atoms with Gasteiger partial charge in [0.2, 0.25) is 10.0 Å². The van der Waals surface area contributed by atoms with E-state index in [1.54, 1.807) is 31.3 Å². The van der Waals surface area contributed by atoms with Crippen molar-refractivity contribution in [1.29, 1.82) is 5.26 Å². The normalized spacial score (nSPS) is 16.3. The van der Waals surface area contributed by atoms with Crippen LogP contribution in [0.15, 0.2) is 39.9 Å². The first kappa shape index (κ1) is 18.6. The Morgan fingerprint density at radius 1 is 1.25 bits per heavy atom. The maximum absolute atomic E-state index is 13.3. The summed E-state index contributed by atoms with van der Waals surface area (Å²) in [4.78, 5) is 4.45. The van der Waals surface area contributed by atoms with Crippen LogP contribution in [0.1, 0.15) is 37.1 Å². The molecule has 0 bridgehead atoms. The van der Waals surface area contributed by atoms with E-state index < -0.39 is 15.6 Å². The summed E-state index contributed by atoms with van der Waals surface area (Å²) in [7, 11) is -3.94. The van der Waals surface area contributed by atoms with E-state index in [1.807, 2.05) is 13.0 Å². The van der Waals surface area contributed by atoms with Crippen molar-refractivity contribution in [2.45, 2.75) is 50.0 Å². The first-order valence-corrected chi connectivity index (χ1v) is 10.6. The van der Waals surface area contributed by atoms with Crippen LogP contribution in [0.2, 0.25) is 0 Å². The lowest BCUT2D eigenvalue weighted by Crippen LogP contribution is -2.45. The SMILES string of the molecule is Cc1noc(C)c1-c1cc(S(=O)(=O)NC2(C#N)CCCC2)c2cccnc2c1. The second-order valence-electron chi connectivity index (χ2n) is 7.25. The Balaban J connectivity index is 1.92. The summed E-state index contributed by atoms with van der Waals surface area (Å²) in [6, 6.07) is 9.05. The van der Waals surface area contributed by atoms with Crippen LogP contribution in [0.4, 0.5) is 0 Å². The van der Waals surface area contributed by atoms with Crippen LogP contribution in [0.25, 0.3) is 22.0 Å². The largest absolute Gasteiger partial charge is 0.361 e. The molecule has 0 aliphatic heterocycles. The number of aromatic nitrogens is 2. The van der Waals surface area contributed by atoms with Crippen LogP contribution < -0.4 is 4.72 Å². The molecule has 144 valence electrons. The highest BCUT2D eigenvalue weighted by Gasteiger charge is 2.39. The van der Waals surface area contributed by atoms with E-state index in [9.17, 15) is 13.7 Å². The Labute approximate surface area is 163 Å². The van der Waals surface area contributed by atoms with E-state index in [4.69, 9.17) is 4.52 Å². The van der Waals surface area contributed by atoms with Gasteiger partial charge in [0.15, 0.2) is 0 Å². The van der Waals surface area contributed by atoms with E-state index in [2.05, 4.69) is 20.9 Å². The molecule has 1 saturated carbocycles. The van der Waals surface area contributed by atoms with Crippen molar-refractivity contribution in [2.24, 2.45) is 0 Å². The molecule has 1 aliphatic carbocycles. The Bertz CT molecular complexity index is 1180. The fourth-order valence-electron chi connectivity index (χ4n) is 3.94. The highest BCUT2D eigenvalue weighted by atomic mass is 32.2. The number of hydrogen-bond donors (Lipinski definition) is 1.